The van der Waals surface area contributed by atoms with E-state index < -0.39 is 0 Å². The summed E-state index contributed by atoms with van der Waals surface area (Å²) in [5.74, 6) is 0. The number of fused-ring (bicyclic) bond motifs is 1. The molecule has 0 fully saturated rings. The lowest BCUT2D eigenvalue weighted by molar-refractivity contribution is 0.721. The highest BCUT2D eigenvalue weighted by Crippen LogP contribution is 2.39. The topological polar surface area (TPSA) is 26.0 Å². The largest absolute Gasteiger partial charge is 0.327 e. The number of halogens is 1. The average molecular weight is 362 g/mol. The van der Waals surface area contributed by atoms with Crippen LogP contribution in [0.5, 0.6) is 0 Å². The van der Waals surface area contributed by atoms with Crippen LogP contribution in [0.2, 0.25) is 0 Å². The number of nitrogens with two attached hydrogens (primary N) is 1. The van der Waals surface area contributed by atoms with Crippen molar-refractivity contribution in [3.05, 3.63) is 63.6 Å². The highest BCUT2D eigenvalue weighted by Gasteiger charge is 2.19. The molecular weight excluding hydrogens is 342 g/mol. The number of aryl methyl sites for hydroxylation is 2. The minimum Gasteiger partial charge on any atom is -0.327 e. The molecule has 1 aliphatic carbocycles. The van der Waals surface area contributed by atoms with E-state index in [1.165, 1.54) is 40.8 Å². The molecule has 0 saturated heterocycles. The van der Waals surface area contributed by atoms with Gasteiger partial charge in [-0.3, -0.25) is 0 Å². The minimum atomic E-state index is 0.115. The van der Waals surface area contributed by atoms with E-state index in [0.717, 1.165) is 4.47 Å². The molecule has 2 unspecified atom stereocenters. The molecular formula is C18H20BrNS. The molecule has 2 N–H and O–H groups in total. The molecule has 2 atom stereocenters. The van der Waals surface area contributed by atoms with Crippen molar-refractivity contribution in [2.24, 2.45) is 5.73 Å². The van der Waals surface area contributed by atoms with Crippen molar-refractivity contribution in [2.45, 2.75) is 42.4 Å². The van der Waals surface area contributed by atoms with Gasteiger partial charge < -0.3 is 5.73 Å². The van der Waals surface area contributed by atoms with Crippen molar-refractivity contribution in [2.75, 3.05) is 0 Å². The molecule has 0 aliphatic heterocycles. The molecule has 3 rings (SSSR count). The Hall–Kier alpha value is -0.770. The van der Waals surface area contributed by atoms with Gasteiger partial charge in [-0.15, -0.1) is 11.8 Å². The van der Waals surface area contributed by atoms with Gasteiger partial charge in [0.1, 0.15) is 0 Å². The molecule has 1 nitrogen and oxygen atoms in total. The SMILES string of the molecule is CC(N)C(Sc1ccc2c(c1)CCC2)c1ccc(Br)cc1. The van der Waals surface area contributed by atoms with Crippen LogP contribution < -0.4 is 5.73 Å². The van der Waals surface area contributed by atoms with E-state index in [-0.39, 0.29) is 11.3 Å². The van der Waals surface area contributed by atoms with Gasteiger partial charge >= 0.3 is 0 Å². The van der Waals surface area contributed by atoms with Gasteiger partial charge in [-0.25, -0.2) is 0 Å². The Labute approximate surface area is 139 Å². The molecule has 0 bridgehead atoms. The van der Waals surface area contributed by atoms with Gasteiger partial charge in [0.15, 0.2) is 0 Å². The molecule has 0 radical (unpaired) electrons. The van der Waals surface area contributed by atoms with Crippen LogP contribution in [0.15, 0.2) is 51.8 Å². The van der Waals surface area contributed by atoms with E-state index in [9.17, 15) is 0 Å². The quantitative estimate of drug-likeness (QED) is 0.764. The van der Waals surface area contributed by atoms with E-state index >= 15 is 0 Å². The fourth-order valence-electron chi connectivity index (χ4n) is 2.90. The van der Waals surface area contributed by atoms with E-state index in [2.05, 4.69) is 65.3 Å². The van der Waals surface area contributed by atoms with Gasteiger partial charge in [-0.1, -0.05) is 34.1 Å². The lowest BCUT2D eigenvalue weighted by atomic mass is 10.1. The molecule has 0 saturated carbocycles. The summed E-state index contributed by atoms with van der Waals surface area (Å²) < 4.78 is 1.11. The number of rotatable bonds is 4. The lowest BCUT2D eigenvalue weighted by Crippen LogP contribution is -2.22. The molecule has 3 heteroatoms. The minimum absolute atomic E-state index is 0.115. The van der Waals surface area contributed by atoms with Crippen LogP contribution in [-0.2, 0) is 12.8 Å². The standard InChI is InChI=1S/C18H20BrNS/c1-12(20)18(14-5-8-16(19)9-6-14)21-17-10-7-13-3-2-4-15(13)11-17/h5-12,18H,2-4,20H2,1H3. The second-order valence-electron chi connectivity index (χ2n) is 5.73. The molecule has 0 aromatic heterocycles. The highest BCUT2D eigenvalue weighted by atomic mass is 79.9. The number of hydrogen-bond acceptors (Lipinski definition) is 2. The third kappa shape index (κ3) is 3.53. The Morgan fingerprint density at radius 2 is 1.76 bits per heavy atom. The first-order valence-corrected chi connectivity index (χ1v) is 9.10. The van der Waals surface area contributed by atoms with Crippen LogP contribution in [0.1, 0.15) is 35.3 Å². The van der Waals surface area contributed by atoms with Gasteiger partial charge in [-0.05, 0) is 67.1 Å². The van der Waals surface area contributed by atoms with Crippen LogP contribution in [0.4, 0.5) is 0 Å². The van der Waals surface area contributed by atoms with Crippen molar-refractivity contribution in [1.82, 2.24) is 0 Å². The normalized spacial score (nSPS) is 16.5. The highest BCUT2D eigenvalue weighted by molar-refractivity contribution is 9.10. The fraction of sp³-hybridized carbons (Fsp3) is 0.333. The second-order valence-corrected chi connectivity index (χ2v) is 7.86. The summed E-state index contributed by atoms with van der Waals surface area (Å²) in [5.41, 5.74) is 10.6. The van der Waals surface area contributed by atoms with Crippen molar-refractivity contribution < 1.29 is 0 Å². The molecule has 21 heavy (non-hydrogen) atoms. The third-order valence-electron chi connectivity index (χ3n) is 4.01. The fourth-order valence-corrected chi connectivity index (χ4v) is 4.32. The molecule has 2 aromatic carbocycles. The first kappa shape index (κ1) is 15.1. The van der Waals surface area contributed by atoms with Crippen LogP contribution in [0, 0.1) is 0 Å². The van der Waals surface area contributed by atoms with Gasteiger partial charge in [0.25, 0.3) is 0 Å². The third-order valence-corrected chi connectivity index (χ3v) is 6.02. The summed E-state index contributed by atoms with van der Waals surface area (Å²) in [6.07, 6.45) is 3.77. The maximum Gasteiger partial charge on any atom is 0.0492 e. The monoisotopic (exact) mass is 361 g/mol. The summed E-state index contributed by atoms with van der Waals surface area (Å²) in [6, 6.07) is 15.5. The van der Waals surface area contributed by atoms with Gasteiger partial charge in [0.2, 0.25) is 0 Å². The first-order valence-electron chi connectivity index (χ1n) is 7.43. The Bertz CT molecular complexity index is 622. The second kappa shape index (κ2) is 6.55. The zero-order valence-corrected chi connectivity index (χ0v) is 14.6. The molecule has 0 amide bonds. The summed E-state index contributed by atoms with van der Waals surface area (Å²) in [5, 5.41) is 0.289. The maximum absolute atomic E-state index is 6.23. The van der Waals surface area contributed by atoms with Gasteiger partial charge in [0.05, 0.1) is 0 Å². The Morgan fingerprint density at radius 3 is 2.48 bits per heavy atom. The average Bonchev–Trinajstić information content (AvgIpc) is 2.93. The Balaban J connectivity index is 1.84. The summed E-state index contributed by atoms with van der Waals surface area (Å²) in [7, 11) is 0. The van der Waals surface area contributed by atoms with Crippen molar-refractivity contribution >= 4 is 27.7 Å². The van der Waals surface area contributed by atoms with E-state index in [1.54, 1.807) is 0 Å². The maximum atomic E-state index is 6.23. The Morgan fingerprint density at radius 1 is 1.05 bits per heavy atom. The van der Waals surface area contributed by atoms with Gasteiger partial charge in [0, 0.05) is 20.7 Å². The zero-order valence-electron chi connectivity index (χ0n) is 12.2. The number of hydrogen-bond donors (Lipinski definition) is 1. The van der Waals surface area contributed by atoms with E-state index in [4.69, 9.17) is 5.73 Å². The van der Waals surface area contributed by atoms with Crippen molar-refractivity contribution in [3.8, 4) is 0 Å². The van der Waals surface area contributed by atoms with E-state index in [1.807, 2.05) is 11.8 Å². The molecule has 110 valence electrons. The lowest BCUT2D eigenvalue weighted by Gasteiger charge is -2.21. The van der Waals surface area contributed by atoms with Crippen LogP contribution >= 0.6 is 27.7 Å². The first-order chi connectivity index (χ1) is 10.1. The van der Waals surface area contributed by atoms with Crippen LogP contribution in [0.25, 0.3) is 0 Å². The van der Waals surface area contributed by atoms with Crippen LogP contribution in [-0.4, -0.2) is 6.04 Å². The molecule has 0 heterocycles. The molecule has 1 aliphatic rings. The van der Waals surface area contributed by atoms with Crippen molar-refractivity contribution in [1.29, 1.82) is 0 Å². The van der Waals surface area contributed by atoms with Gasteiger partial charge in [-0.2, -0.15) is 0 Å². The van der Waals surface area contributed by atoms with Crippen molar-refractivity contribution in [3.63, 3.8) is 0 Å². The van der Waals surface area contributed by atoms with Crippen LogP contribution in [0.3, 0.4) is 0 Å². The zero-order chi connectivity index (χ0) is 14.8. The van der Waals surface area contributed by atoms with E-state index in [0.29, 0.717) is 0 Å². The molecule has 0 spiro atoms. The molecule has 2 aromatic rings. The Kier molecular flexibility index (Phi) is 4.72. The predicted octanol–water partition coefficient (Wildman–Crippen LogP) is 5.12. The summed E-state index contributed by atoms with van der Waals surface area (Å²) in [4.78, 5) is 1.33. The predicted molar refractivity (Wildman–Crippen MR) is 94.9 cm³/mol. The number of thioether (sulfide) groups is 1. The summed E-state index contributed by atoms with van der Waals surface area (Å²) >= 11 is 5.38. The summed E-state index contributed by atoms with van der Waals surface area (Å²) in [6.45, 7) is 2.09. The smallest absolute Gasteiger partial charge is 0.0492 e. The number of benzene rings is 2.